The standard InChI is InChI=1S/C22H18BrN3O3/c1-2-14-4-3-5-17-18(10-24-21(14)17)20(27)12-29-22(28)19-11-26(13-25-19)16-8-6-15(23)7-9-16/h3-11,13,24H,2,12H2,1H3. The predicted molar refractivity (Wildman–Crippen MR) is 114 cm³/mol. The number of hydrogen-bond acceptors (Lipinski definition) is 4. The minimum atomic E-state index is -0.636. The molecule has 29 heavy (non-hydrogen) atoms. The van der Waals surface area contributed by atoms with Gasteiger partial charge in [0.05, 0.1) is 0 Å². The average Bonchev–Trinajstić information content (AvgIpc) is 3.39. The fourth-order valence-corrected chi connectivity index (χ4v) is 3.47. The van der Waals surface area contributed by atoms with Crippen molar-refractivity contribution in [1.82, 2.24) is 14.5 Å². The number of hydrogen-bond donors (Lipinski definition) is 1. The maximum absolute atomic E-state index is 12.6. The van der Waals surface area contributed by atoms with E-state index < -0.39 is 5.97 Å². The average molecular weight is 452 g/mol. The van der Waals surface area contributed by atoms with Crippen LogP contribution in [0.5, 0.6) is 0 Å². The van der Waals surface area contributed by atoms with Crippen LogP contribution in [0.2, 0.25) is 0 Å². The molecule has 0 atom stereocenters. The van der Waals surface area contributed by atoms with Crippen molar-refractivity contribution in [1.29, 1.82) is 0 Å². The Morgan fingerprint density at radius 3 is 2.72 bits per heavy atom. The molecule has 6 nitrogen and oxygen atoms in total. The smallest absolute Gasteiger partial charge is 0.358 e. The second-order valence-corrected chi connectivity index (χ2v) is 7.45. The van der Waals surface area contributed by atoms with E-state index in [-0.39, 0.29) is 18.1 Å². The summed E-state index contributed by atoms with van der Waals surface area (Å²) < 4.78 is 7.88. The number of aromatic nitrogens is 3. The van der Waals surface area contributed by atoms with Crippen LogP contribution in [-0.2, 0) is 11.2 Å². The van der Waals surface area contributed by atoms with E-state index in [1.807, 2.05) is 42.5 Å². The number of H-pyrrole nitrogens is 1. The number of rotatable bonds is 6. The number of imidazole rings is 1. The molecule has 0 aliphatic heterocycles. The maximum atomic E-state index is 12.6. The summed E-state index contributed by atoms with van der Waals surface area (Å²) in [6, 6.07) is 13.4. The van der Waals surface area contributed by atoms with E-state index in [0.29, 0.717) is 5.56 Å². The number of ether oxygens (including phenoxy) is 1. The number of nitrogens with one attached hydrogen (secondary N) is 1. The van der Waals surface area contributed by atoms with Gasteiger partial charge in [0.1, 0.15) is 6.33 Å². The Bertz CT molecular complexity index is 1190. The molecule has 146 valence electrons. The van der Waals surface area contributed by atoms with Gasteiger partial charge < -0.3 is 14.3 Å². The number of carbonyl (C=O) groups excluding carboxylic acids is 2. The largest absolute Gasteiger partial charge is 0.453 e. The third-order valence-corrected chi connectivity index (χ3v) is 5.26. The van der Waals surface area contributed by atoms with Crippen molar-refractivity contribution in [2.45, 2.75) is 13.3 Å². The van der Waals surface area contributed by atoms with Crippen LogP contribution in [0.15, 0.2) is 65.7 Å². The molecule has 4 rings (SSSR count). The first-order valence-electron chi connectivity index (χ1n) is 9.16. The Hall–Kier alpha value is -3.19. The van der Waals surface area contributed by atoms with Crippen LogP contribution in [-0.4, -0.2) is 32.9 Å². The third-order valence-electron chi connectivity index (χ3n) is 4.73. The summed E-state index contributed by atoms with van der Waals surface area (Å²) in [5.74, 6) is -0.895. The minimum Gasteiger partial charge on any atom is -0.453 e. The zero-order chi connectivity index (χ0) is 20.4. The highest BCUT2D eigenvalue weighted by Crippen LogP contribution is 2.23. The first kappa shape index (κ1) is 19.1. The summed E-state index contributed by atoms with van der Waals surface area (Å²) in [6.07, 6.45) is 5.65. The molecule has 0 aliphatic carbocycles. The Balaban J connectivity index is 1.45. The van der Waals surface area contributed by atoms with Crippen LogP contribution in [0, 0.1) is 0 Å². The Morgan fingerprint density at radius 1 is 1.17 bits per heavy atom. The molecule has 4 aromatic rings. The van der Waals surface area contributed by atoms with E-state index in [1.165, 1.54) is 6.33 Å². The number of carbonyl (C=O) groups is 2. The van der Waals surface area contributed by atoms with Crippen LogP contribution in [0.4, 0.5) is 0 Å². The summed E-state index contributed by atoms with van der Waals surface area (Å²) in [4.78, 5) is 32.1. The predicted octanol–water partition coefficient (Wildman–Crippen LogP) is 4.72. The van der Waals surface area contributed by atoms with Crippen molar-refractivity contribution < 1.29 is 14.3 Å². The maximum Gasteiger partial charge on any atom is 0.358 e. The summed E-state index contributed by atoms with van der Waals surface area (Å²) >= 11 is 3.39. The third kappa shape index (κ3) is 3.86. The number of aryl methyl sites for hydroxylation is 1. The number of para-hydroxylation sites is 1. The zero-order valence-corrected chi connectivity index (χ0v) is 17.3. The molecule has 7 heteroatoms. The molecule has 0 unspecified atom stereocenters. The zero-order valence-electron chi connectivity index (χ0n) is 15.7. The number of fused-ring (bicyclic) bond motifs is 1. The highest BCUT2D eigenvalue weighted by atomic mass is 79.9. The van der Waals surface area contributed by atoms with E-state index in [4.69, 9.17) is 4.74 Å². The number of Topliss-reactive ketones (excluding diaryl/α,β-unsaturated/α-hetero) is 1. The van der Waals surface area contributed by atoms with E-state index in [1.54, 1.807) is 17.0 Å². The van der Waals surface area contributed by atoms with Gasteiger partial charge in [0.25, 0.3) is 0 Å². The highest BCUT2D eigenvalue weighted by molar-refractivity contribution is 9.10. The number of nitrogens with zero attached hydrogens (tertiary/aromatic N) is 2. The van der Waals surface area contributed by atoms with Crippen molar-refractivity contribution in [3.63, 3.8) is 0 Å². The van der Waals surface area contributed by atoms with Crippen LogP contribution in [0.3, 0.4) is 0 Å². The van der Waals surface area contributed by atoms with Gasteiger partial charge >= 0.3 is 5.97 Å². The summed E-state index contributed by atoms with van der Waals surface area (Å²) in [6.45, 7) is 1.72. The van der Waals surface area contributed by atoms with Crippen molar-refractivity contribution in [3.8, 4) is 5.69 Å². The molecule has 2 aromatic heterocycles. The van der Waals surface area contributed by atoms with Gasteiger partial charge in [-0.2, -0.15) is 0 Å². The topological polar surface area (TPSA) is 77.0 Å². The monoisotopic (exact) mass is 451 g/mol. The molecule has 2 heterocycles. The molecular formula is C22H18BrN3O3. The molecule has 0 saturated heterocycles. The van der Waals surface area contributed by atoms with Gasteiger partial charge in [-0.3, -0.25) is 4.79 Å². The van der Waals surface area contributed by atoms with Gasteiger partial charge in [-0.05, 0) is 36.2 Å². The van der Waals surface area contributed by atoms with Crippen molar-refractivity contribution in [2.24, 2.45) is 0 Å². The van der Waals surface area contributed by atoms with Crippen molar-refractivity contribution in [2.75, 3.05) is 6.61 Å². The number of benzene rings is 2. The Labute approximate surface area is 175 Å². The van der Waals surface area contributed by atoms with Crippen LogP contribution in [0.25, 0.3) is 16.6 Å². The normalized spacial score (nSPS) is 11.0. The van der Waals surface area contributed by atoms with E-state index >= 15 is 0 Å². The van der Waals surface area contributed by atoms with Gasteiger partial charge in [0.2, 0.25) is 5.78 Å². The van der Waals surface area contributed by atoms with Crippen molar-refractivity contribution >= 4 is 38.6 Å². The van der Waals surface area contributed by atoms with Gasteiger partial charge in [0.15, 0.2) is 12.3 Å². The molecule has 0 saturated carbocycles. The summed E-state index contributed by atoms with van der Waals surface area (Å²) in [5, 5.41) is 0.838. The number of aromatic amines is 1. The van der Waals surface area contributed by atoms with E-state index in [2.05, 4.69) is 32.8 Å². The SMILES string of the molecule is CCc1cccc2c(C(=O)COC(=O)c3cn(-c4ccc(Br)cc4)cn3)c[nH]c12. The lowest BCUT2D eigenvalue weighted by Gasteiger charge is -2.03. The molecule has 0 fully saturated rings. The number of halogens is 1. The molecule has 0 amide bonds. The molecule has 0 aliphatic rings. The Morgan fingerprint density at radius 2 is 1.97 bits per heavy atom. The molecule has 0 bridgehead atoms. The molecule has 0 radical (unpaired) electrons. The summed E-state index contributed by atoms with van der Waals surface area (Å²) in [7, 11) is 0. The van der Waals surface area contributed by atoms with Crippen LogP contribution < -0.4 is 0 Å². The highest BCUT2D eigenvalue weighted by Gasteiger charge is 2.17. The fraction of sp³-hybridized carbons (Fsp3) is 0.136. The van der Waals surface area contributed by atoms with Gasteiger partial charge in [-0.25, -0.2) is 9.78 Å². The second kappa shape index (κ2) is 8.05. The van der Waals surface area contributed by atoms with Gasteiger partial charge in [0, 0.05) is 39.0 Å². The Kier molecular flexibility index (Phi) is 5.31. The van der Waals surface area contributed by atoms with Gasteiger partial charge in [-0.15, -0.1) is 0 Å². The molecule has 1 N–H and O–H groups in total. The van der Waals surface area contributed by atoms with Crippen LogP contribution in [0.1, 0.15) is 33.3 Å². The van der Waals surface area contributed by atoms with Crippen molar-refractivity contribution in [3.05, 3.63) is 82.5 Å². The summed E-state index contributed by atoms with van der Waals surface area (Å²) in [5.41, 5.74) is 3.60. The molecular weight excluding hydrogens is 434 g/mol. The van der Waals surface area contributed by atoms with E-state index in [9.17, 15) is 9.59 Å². The minimum absolute atomic E-state index is 0.146. The first-order chi connectivity index (χ1) is 14.1. The number of esters is 1. The second-order valence-electron chi connectivity index (χ2n) is 6.54. The van der Waals surface area contributed by atoms with Crippen LogP contribution >= 0.6 is 15.9 Å². The molecule has 2 aromatic carbocycles. The lowest BCUT2D eigenvalue weighted by molar-refractivity contribution is 0.0470. The lowest BCUT2D eigenvalue weighted by atomic mass is 10.1. The van der Waals surface area contributed by atoms with E-state index in [0.717, 1.165) is 33.0 Å². The lowest BCUT2D eigenvalue weighted by Crippen LogP contribution is -2.14. The fourth-order valence-electron chi connectivity index (χ4n) is 3.21. The van der Waals surface area contributed by atoms with Gasteiger partial charge in [-0.1, -0.05) is 41.1 Å². The quantitative estimate of drug-likeness (QED) is 0.339. The molecule has 0 spiro atoms. The first-order valence-corrected chi connectivity index (χ1v) is 9.95. The number of ketones is 1.